The first-order chi connectivity index (χ1) is 5.83. The lowest BCUT2D eigenvalue weighted by Crippen LogP contribution is -1.79. The van der Waals surface area contributed by atoms with E-state index in [-0.39, 0.29) is 5.75 Å². The van der Waals surface area contributed by atoms with Crippen molar-refractivity contribution < 1.29 is 9.84 Å². The molecule has 1 heterocycles. The maximum atomic E-state index is 9.47. The Labute approximate surface area is 69.6 Å². The highest BCUT2D eigenvalue weighted by atomic mass is 16.5. The number of aromatic nitrogens is 1. The fourth-order valence-electron chi connectivity index (χ4n) is 1.30. The second-order valence-electron chi connectivity index (χ2n) is 2.56. The SMILES string of the molecule is COc1c[nH]c2cccc(O)c12. The molecule has 2 N–H and O–H groups in total. The molecule has 3 nitrogen and oxygen atoms in total. The van der Waals surface area contributed by atoms with Crippen molar-refractivity contribution in [1.82, 2.24) is 4.98 Å². The molecule has 0 aliphatic carbocycles. The van der Waals surface area contributed by atoms with Crippen LogP contribution in [0.2, 0.25) is 0 Å². The Hall–Kier alpha value is -1.64. The van der Waals surface area contributed by atoms with Gasteiger partial charge in [0, 0.05) is 6.20 Å². The van der Waals surface area contributed by atoms with Gasteiger partial charge >= 0.3 is 0 Å². The number of aromatic hydroxyl groups is 1. The first-order valence-corrected chi connectivity index (χ1v) is 3.66. The highest BCUT2D eigenvalue weighted by molar-refractivity contribution is 5.91. The smallest absolute Gasteiger partial charge is 0.147 e. The predicted octanol–water partition coefficient (Wildman–Crippen LogP) is 1.88. The number of H-pyrrole nitrogens is 1. The van der Waals surface area contributed by atoms with Crippen LogP contribution in [-0.4, -0.2) is 17.2 Å². The Morgan fingerprint density at radius 1 is 1.42 bits per heavy atom. The van der Waals surface area contributed by atoms with Gasteiger partial charge in [0.15, 0.2) is 0 Å². The lowest BCUT2D eigenvalue weighted by atomic mass is 10.2. The van der Waals surface area contributed by atoms with Crippen LogP contribution in [0.1, 0.15) is 0 Å². The van der Waals surface area contributed by atoms with Crippen molar-refractivity contribution >= 4 is 10.9 Å². The van der Waals surface area contributed by atoms with E-state index in [0.29, 0.717) is 5.75 Å². The predicted molar refractivity (Wildman–Crippen MR) is 46.5 cm³/mol. The quantitative estimate of drug-likeness (QED) is 0.674. The van der Waals surface area contributed by atoms with Crippen molar-refractivity contribution in [2.75, 3.05) is 7.11 Å². The zero-order chi connectivity index (χ0) is 8.55. The Morgan fingerprint density at radius 3 is 3.00 bits per heavy atom. The average Bonchev–Trinajstić information content (AvgIpc) is 2.49. The van der Waals surface area contributed by atoms with E-state index in [2.05, 4.69) is 4.98 Å². The lowest BCUT2D eigenvalue weighted by Gasteiger charge is -1.97. The van der Waals surface area contributed by atoms with Gasteiger partial charge in [-0.1, -0.05) is 6.07 Å². The molecule has 62 valence electrons. The van der Waals surface area contributed by atoms with E-state index in [1.807, 2.05) is 6.07 Å². The summed E-state index contributed by atoms with van der Waals surface area (Å²) in [4.78, 5) is 2.99. The molecule has 0 radical (unpaired) electrons. The molecular formula is C9H9NO2. The average molecular weight is 163 g/mol. The van der Waals surface area contributed by atoms with Crippen LogP contribution in [0.3, 0.4) is 0 Å². The fourth-order valence-corrected chi connectivity index (χ4v) is 1.30. The van der Waals surface area contributed by atoms with Crippen LogP contribution in [0.15, 0.2) is 24.4 Å². The summed E-state index contributed by atoms with van der Waals surface area (Å²) in [5, 5.41) is 10.2. The van der Waals surface area contributed by atoms with Gasteiger partial charge in [0.1, 0.15) is 11.5 Å². The molecule has 0 saturated heterocycles. The summed E-state index contributed by atoms with van der Waals surface area (Å²) < 4.78 is 5.06. The number of methoxy groups -OCH3 is 1. The van der Waals surface area contributed by atoms with E-state index in [4.69, 9.17) is 4.74 Å². The van der Waals surface area contributed by atoms with Crippen molar-refractivity contribution in [1.29, 1.82) is 0 Å². The van der Waals surface area contributed by atoms with Crippen LogP contribution in [0.4, 0.5) is 0 Å². The molecule has 0 fully saturated rings. The van der Waals surface area contributed by atoms with Gasteiger partial charge in [0.05, 0.1) is 18.0 Å². The molecule has 1 aromatic carbocycles. The molecule has 0 atom stereocenters. The fraction of sp³-hybridized carbons (Fsp3) is 0.111. The van der Waals surface area contributed by atoms with Crippen molar-refractivity contribution in [2.24, 2.45) is 0 Å². The second-order valence-corrected chi connectivity index (χ2v) is 2.56. The molecular weight excluding hydrogens is 154 g/mol. The van der Waals surface area contributed by atoms with Gasteiger partial charge in [0.2, 0.25) is 0 Å². The van der Waals surface area contributed by atoms with E-state index in [1.54, 1.807) is 25.4 Å². The van der Waals surface area contributed by atoms with Crippen LogP contribution in [0.25, 0.3) is 10.9 Å². The summed E-state index contributed by atoms with van der Waals surface area (Å²) in [6, 6.07) is 5.31. The van der Waals surface area contributed by atoms with Gasteiger partial charge in [-0.3, -0.25) is 0 Å². The number of ether oxygens (including phenoxy) is 1. The number of hydrogen-bond donors (Lipinski definition) is 2. The Bertz CT molecular complexity index is 406. The Balaban J connectivity index is 2.83. The normalized spacial score (nSPS) is 10.4. The molecule has 0 aliphatic rings. The summed E-state index contributed by atoms with van der Waals surface area (Å²) in [7, 11) is 1.58. The van der Waals surface area contributed by atoms with E-state index in [9.17, 15) is 5.11 Å². The standard InChI is InChI=1S/C9H9NO2/c1-12-8-5-10-6-3-2-4-7(11)9(6)8/h2-5,10-11H,1H3. The summed E-state index contributed by atoms with van der Waals surface area (Å²) in [6.07, 6.45) is 1.73. The number of hydrogen-bond acceptors (Lipinski definition) is 2. The first-order valence-electron chi connectivity index (χ1n) is 3.66. The van der Waals surface area contributed by atoms with Gasteiger partial charge in [-0.2, -0.15) is 0 Å². The number of phenolic OH excluding ortho intramolecular Hbond substituents is 1. The van der Waals surface area contributed by atoms with Crippen molar-refractivity contribution in [3.8, 4) is 11.5 Å². The summed E-state index contributed by atoms with van der Waals surface area (Å²) in [5.74, 6) is 0.911. The molecule has 0 aliphatic heterocycles. The third-order valence-corrected chi connectivity index (χ3v) is 1.87. The summed E-state index contributed by atoms with van der Waals surface area (Å²) in [6.45, 7) is 0. The van der Waals surface area contributed by atoms with Crippen LogP contribution >= 0.6 is 0 Å². The molecule has 2 rings (SSSR count). The van der Waals surface area contributed by atoms with E-state index in [1.165, 1.54) is 0 Å². The van der Waals surface area contributed by atoms with Gasteiger partial charge in [-0.25, -0.2) is 0 Å². The van der Waals surface area contributed by atoms with E-state index in [0.717, 1.165) is 10.9 Å². The monoisotopic (exact) mass is 163 g/mol. The third kappa shape index (κ3) is 0.830. The number of benzene rings is 1. The molecule has 0 spiro atoms. The van der Waals surface area contributed by atoms with Crippen LogP contribution in [-0.2, 0) is 0 Å². The minimum Gasteiger partial charge on any atom is -0.507 e. The van der Waals surface area contributed by atoms with Gasteiger partial charge in [-0.05, 0) is 12.1 Å². The maximum Gasteiger partial charge on any atom is 0.147 e. The minimum atomic E-state index is 0.241. The molecule has 3 heteroatoms. The Kier molecular flexibility index (Phi) is 1.43. The highest BCUT2D eigenvalue weighted by Gasteiger charge is 2.06. The lowest BCUT2D eigenvalue weighted by molar-refractivity contribution is 0.416. The second kappa shape index (κ2) is 2.44. The van der Waals surface area contributed by atoms with Crippen LogP contribution in [0, 0.1) is 0 Å². The zero-order valence-electron chi connectivity index (χ0n) is 6.66. The minimum absolute atomic E-state index is 0.241. The molecule has 2 aromatic rings. The number of nitrogens with one attached hydrogen (secondary N) is 1. The van der Waals surface area contributed by atoms with E-state index < -0.39 is 0 Å². The number of rotatable bonds is 1. The summed E-state index contributed by atoms with van der Waals surface area (Å²) in [5.41, 5.74) is 0.881. The van der Waals surface area contributed by atoms with Crippen molar-refractivity contribution in [3.63, 3.8) is 0 Å². The van der Waals surface area contributed by atoms with Gasteiger partial charge < -0.3 is 14.8 Å². The number of aromatic amines is 1. The number of phenols is 1. The number of fused-ring (bicyclic) bond motifs is 1. The van der Waals surface area contributed by atoms with Gasteiger partial charge in [0.25, 0.3) is 0 Å². The van der Waals surface area contributed by atoms with E-state index >= 15 is 0 Å². The van der Waals surface area contributed by atoms with Crippen LogP contribution in [0.5, 0.6) is 11.5 Å². The molecule has 0 saturated carbocycles. The van der Waals surface area contributed by atoms with Crippen molar-refractivity contribution in [2.45, 2.75) is 0 Å². The van der Waals surface area contributed by atoms with Crippen LogP contribution < -0.4 is 4.74 Å². The largest absolute Gasteiger partial charge is 0.507 e. The topological polar surface area (TPSA) is 45.2 Å². The molecule has 0 bridgehead atoms. The molecule has 12 heavy (non-hydrogen) atoms. The zero-order valence-corrected chi connectivity index (χ0v) is 6.66. The molecule has 0 amide bonds. The Morgan fingerprint density at radius 2 is 2.25 bits per heavy atom. The molecule has 1 aromatic heterocycles. The summed E-state index contributed by atoms with van der Waals surface area (Å²) >= 11 is 0. The molecule has 0 unspecified atom stereocenters. The third-order valence-electron chi connectivity index (χ3n) is 1.87. The van der Waals surface area contributed by atoms with Gasteiger partial charge in [-0.15, -0.1) is 0 Å². The highest BCUT2D eigenvalue weighted by Crippen LogP contribution is 2.32. The van der Waals surface area contributed by atoms with Crippen molar-refractivity contribution in [3.05, 3.63) is 24.4 Å². The maximum absolute atomic E-state index is 9.47. The first kappa shape index (κ1) is 7.03.